The Morgan fingerprint density at radius 1 is 1.07 bits per heavy atom. The molecule has 0 atom stereocenters. The third-order valence-corrected chi connectivity index (χ3v) is 5.30. The van der Waals surface area contributed by atoms with Crippen LogP contribution in [0.5, 0.6) is 5.75 Å². The van der Waals surface area contributed by atoms with E-state index in [1.165, 1.54) is 16.5 Å². The average molecular weight is 409 g/mol. The number of amides is 2. The van der Waals surface area contributed by atoms with Gasteiger partial charge in [-0.1, -0.05) is 30.3 Å². The molecule has 2 aromatic rings. The number of nitrogens with zero attached hydrogens (tertiary/aromatic N) is 1. The Kier molecular flexibility index (Phi) is 8.03. The highest BCUT2D eigenvalue weighted by Gasteiger charge is 2.23. The molecule has 1 aliphatic rings. The summed E-state index contributed by atoms with van der Waals surface area (Å²) in [5, 5.41) is 2.78. The van der Waals surface area contributed by atoms with Crippen molar-refractivity contribution in [2.75, 3.05) is 39.8 Å². The smallest absolute Gasteiger partial charge is 0.244 e. The summed E-state index contributed by atoms with van der Waals surface area (Å²) in [6, 6.07) is 17.8. The monoisotopic (exact) mass is 408 g/mol. The molecule has 6 heteroatoms. The minimum Gasteiger partial charge on any atom is -0.497 e. The normalized spacial score (nSPS) is 14.6. The Bertz CT molecular complexity index is 842. The quantitative estimate of drug-likeness (QED) is 0.644. The number of hydrogen-bond acceptors (Lipinski definition) is 3. The van der Waals surface area contributed by atoms with Crippen LogP contribution < -0.4 is 15.0 Å². The molecule has 6 nitrogen and oxygen atoms in total. The zero-order valence-corrected chi connectivity index (χ0v) is 17.5. The standard InChI is InChI=1S/C24H29N3O3/c1-30-22-10-7-21(8-11-22)19-26-15-17-27(18-16-26)24(29)13-14-25-23(28)12-9-20-5-3-2-4-6-20/h2-12H,13-19H2,1H3,(H,25,28)/p+1/b12-9+. The van der Waals surface area contributed by atoms with Gasteiger partial charge in [0.05, 0.1) is 33.3 Å². The maximum atomic E-state index is 12.4. The Morgan fingerprint density at radius 2 is 1.77 bits per heavy atom. The van der Waals surface area contributed by atoms with Gasteiger partial charge in [0.15, 0.2) is 0 Å². The number of carbonyl (C=O) groups is 2. The first-order valence-electron chi connectivity index (χ1n) is 10.4. The highest BCUT2D eigenvalue weighted by atomic mass is 16.5. The summed E-state index contributed by atoms with van der Waals surface area (Å²) >= 11 is 0. The predicted molar refractivity (Wildman–Crippen MR) is 117 cm³/mol. The summed E-state index contributed by atoms with van der Waals surface area (Å²) < 4.78 is 5.20. The molecule has 2 amide bonds. The number of rotatable bonds is 8. The molecule has 0 bridgehead atoms. The fourth-order valence-corrected chi connectivity index (χ4v) is 3.53. The molecule has 2 N–H and O–H groups in total. The fraction of sp³-hybridized carbons (Fsp3) is 0.333. The molecule has 0 aliphatic carbocycles. The van der Waals surface area contributed by atoms with Crippen LogP contribution in [0.25, 0.3) is 6.08 Å². The van der Waals surface area contributed by atoms with Crippen LogP contribution in [0.1, 0.15) is 17.5 Å². The van der Waals surface area contributed by atoms with Crippen molar-refractivity contribution in [3.05, 3.63) is 71.8 Å². The van der Waals surface area contributed by atoms with Gasteiger partial charge in [0.25, 0.3) is 0 Å². The van der Waals surface area contributed by atoms with Gasteiger partial charge in [-0.2, -0.15) is 0 Å². The number of carbonyl (C=O) groups excluding carboxylic acids is 2. The van der Waals surface area contributed by atoms with E-state index in [1.807, 2.05) is 47.4 Å². The molecule has 2 aromatic carbocycles. The molecule has 0 aromatic heterocycles. The third-order valence-electron chi connectivity index (χ3n) is 5.30. The number of nitrogens with one attached hydrogen (secondary N) is 2. The highest BCUT2D eigenvalue weighted by Crippen LogP contribution is 2.10. The van der Waals surface area contributed by atoms with Gasteiger partial charge in [-0.15, -0.1) is 0 Å². The molecule has 1 heterocycles. The second-order valence-corrected chi connectivity index (χ2v) is 7.44. The molecule has 1 aliphatic heterocycles. The van der Waals surface area contributed by atoms with Crippen LogP contribution in [0, 0.1) is 0 Å². The van der Waals surface area contributed by atoms with Gasteiger partial charge in [-0.3, -0.25) is 9.59 Å². The van der Waals surface area contributed by atoms with E-state index in [-0.39, 0.29) is 11.8 Å². The summed E-state index contributed by atoms with van der Waals surface area (Å²) in [6.07, 6.45) is 3.60. The molecule has 30 heavy (non-hydrogen) atoms. The predicted octanol–water partition coefficient (Wildman–Crippen LogP) is 1.14. The minimum absolute atomic E-state index is 0.103. The molecule has 158 valence electrons. The summed E-state index contributed by atoms with van der Waals surface area (Å²) in [7, 11) is 1.67. The number of ether oxygens (including phenoxy) is 1. The zero-order valence-electron chi connectivity index (χ0n) is 17.5. The molecular formula is C24H30N3O3+. The van der Waals surface area contributed by atoms with Crippen molar-refractivity contribution in [2.45, 2.75) is 13.0 Å². The van der Waals surface area contributed by atoms with E-state index in [9.17, 15) is 9.59 Å². The Hall–Kier alpha value is -3.12. The molecule has 3 rings (SSSR count). The van der Waals surface area contributed by atoms with Crippen LogP contribution in [0.3, 0.4) is 0 Å². The fourth-order valence-electron chi connectivity index (χ4n) is 3.53. The molecular weight excluding hydrogens is 378 g/mol. The van der Waals surface area contributed by atoms with Crippen LogP contribution in [0.2, 0.25) is 0 Å². The van der Waals surface area contributed by atoms with Crippen molar-refractivity contribution in [3.8, 4) is 5.75 Å². The first kappa shape index (κ1) is 21.6. The van der Waals surface area contributed by atoms with Crippen LogP contribution in [-0.2, 0) is 16.1 Å². The van der Waals surface area contributed by atoms with Gasteiger partial charge in [0, 0.05) is 24.6 Å². The third kappa shape index (κ3) is 6.74. The summed E-state index contributed by atoms with van der Waals surface area (Å²) in [6.45, 7) is 4.69. The van der Waals surface area contributed by atoms with Gasteiger partial charge >= 0.3 is 0 Å². The molecule has 0 saturated carbocycles. The van der Waals surface area contributed by atoms with Gasteiger partial charge < -0.3 is 19.9 Å². The highest BCUT2D eigenvalue weighted by molar-refractivity contribution is 5.92. The molecule has 0 unspecified atom stereocenters. The number of hydrogen-bond donors (Lipinski definition) is 2. The average Bonchev–Trinajstić information content (AvgIpc) is 2.79. The second-order valence-electron chi connectivity index (χ2n) is 7.44. The maximum absolute atomic E-state index is 12.4. The van der Waals surface area contributed by atoms with Crippen molar-refractivity contribution in [3.63, 3.8) is 0 Å². The Balaban J connectivity index is 1.33. The summed E-state index contributed by atoms with van der Waals surface area (Å²) in [4.78, 5) is 27.7. The van der Waals surface area contributed by atoms with Crippen LogP contribution >= 0.6 is 0 Å². The minimum atomic E-state index is -0.180. The zero-order chi connectivity index (χ0) is 21.2. The molecule has 1 fully saturated rings. The van der Waals surface area contributed by atoms with Gasteiger partial charge in [0.1, 0.15) is 12.3 Å². The van der Waals surface area contributed by atoms with Gasteiger partial charge in [-0.05, 0) is 35.9 Å². The lowest BCUT2D eigenvalue weighted by atomic mass is 10.2. The van der Waals surface area contributed by atoms with Crippen molar-refractivity contribution in [2.24, 2.45) is 0 Å². The van der Waals surface area contributed by atoms with Crippen LogP contribution in [-0.4, -0.2) is 56.5 Å². The molecule has 1 saturated heterocycles. The molecule has 0 spiro atoms. The van der Waals surface area contributed by atoms with Crippen LogP contribution in [0.4, 0.5) is 0 Å². The van der Waals surface area contributed by atoms with E-state index in [0.29, 0.717) is 13.0 Å². The van der Waals surface area contributed by atoms with Crippen molar-refractivity contribution in [1.82, 2.24) is 10.2 Å². The van der Waals surface area contributed by atoms with Gasteiger partial charge in [0.2, 0.25) is 11.8 Å². The lowest BCUT2D eigenvalue weighted by Gasteiger charge is -2.32. The number of benzene rings is 2. The topological polar surface area (TPSA) is 63.1 Å². The first-order valence-corrected chi connectivity index (χ1v) is 10.4. The maximum Gasteiger partial charge on any atom is 0.244 e. The summed E-state index contributed by atoms with van der Waals surface area (Å²) in [5.41, 5.74) is 2.25. The van der Waals surface area contributed by atoms with E-state index in [4.69, 9.17) is 4.74 Å². The lowest BCUT2D eigenvalue weighted by molar-refractivity contribution is -0.917. The van der Waals surface area contributed by atoms with E-state index in [0.717, 1.165) is 44.0 Å². The van der Waals surface area contributed by atoms with Crippen molar-refractivity contribution < 1.29 is 19.2 Å². The summed E-state index contributed by atoms with van der Waals surface area (Å²) in [5.74, 6) is 0.790. The number of quaternary nitrogens is 1. The van der Waals surface area contributed by atoms with Crippen LogP contribution in [0.15, 0.2) is 60.7 Å². The van der Waals surface area contributed by atoms with Gasteiger partial charge in [-0.25, -0.2) is 0 Å². The van der Waals surface area contributed by atoms with E-state index in [1.54, 1.807) is 13.2 Å². The second kappa shape index (κ2) is 11.2. The van der Waals surface area contributed by atoms with E-state index in [2.05, 4.69) is 17.4 Å². The SMILES string of the molecule is COc1ccc(C[NH+]2CCN(C(=O)CCNC(=O)/C=C/c3ccccc3)CC2)cc1. The largest absolute Gasteiger partial charge is 0.497 e. The first-order chi connectivity index (χ1) is 14.6. The lowest BCUT2D eigenvalue weighted by Crippen LogP contribution is -3.13. The number of methoxy groups -OCH3 is 1. The van der Waals surface area contributed by atoms with E-state index < -0.39 is 0 Å². The molecule has 0 radical (unpaired) electrons. The van der Waals surface area contributed by atoms with E-state index >= 15 is 0 Å². The van der Waals surface area contributed by atoms with Crippen molar-refractivity contribution in [1.29, 1.82) is 0 Å². The van der Waals surface area contributed by atoms with Crippen molar-refractivity contribution >= 4 is 17.9 Å². The number of piperazine rings is 1. The Morgan fingerprint density at radius 3 is 2.43 bits per heavy atom. The Labute approximate surface area is 178 Å².